The van der Waals surface area contributed by atoms with Crippen LogP contribution in [0.1, 0.15) is 40.3 Å². The fraction of sp³-hybridized carbons (Fsp3) is 0.765. The summed E-state index contributed by atoms with van der Waals surface area (Å²) < 4.78 is 72.3. The molecule has 0 N–H and O–H groups in total. The summed E-state index contributed by atoms with van der Waals surface area (Å²) in [5.74, 6) is -0.190. The van der Waals surface area contributed by atoms with E-state index >= 15 is 0 Å². The van der Waals surface area contributed by atoms with Crippen LogP contribution in [0.3, 0.4) is 0 Å². The maximum absolute atomic E-state index is 13.1. The molecule has 1 atom stereocenters. The first-order chi connectivity index (χ1) is 13.0. The van der Waals surface area contributed by atoms with Crippen LogP contribution in [0.2, 0.25) is 0 Å². The minimum absolute atomic E-state index is 0.0586. The number of alkyl halides is 3. The van der Waals surface area contributed by atoms with E-state index in [0.717, 1.165) is 16.0 Å². The molecule has 1 aromatic heterocycles. The highest BCUT2D eigenvalue weighted by Gasteiger charge is 2.43. The number of hydrogen-bond donors (Lipinski definition) is 0. The molecule has 1 aromatic rings. The summed E-state index contributed by atoms with van der Waals surface area (Å²) in [6.45, 7) is 8.85. The zero-order chi connectivity index (χ0) is 22.4. The Bertz CT molecular complexity index is 859. The Labute approximate surface area is 168 Å². The molecule has 29 heavy (non-hydrogen) atoms. The first-order valence-corrected chi connectivity index (χ1v) is 10.6. The summed E-state index contributed by atoms with van der Waals surface area (Å²) in [5.41, 5.74) is -1.97. The minimum atomic E-state index is -4.75. The monoisotopic (exact) mass is 440 g/mol. The van der Waals surface area contributed by atoms with Gasteiger partial charge >= 0.3 is 12.3 Å². The highest BCUT2D eigenvalue weighted by Crippen LogP contribution is 2.32. The van der Waals surface area contributed by atoms with Crippen LogP contribution in [-0.4, -0.2) is 64.8 Å². The zero-order valence-corrected chi connectivity index (χ0v) is 18.1. The van der Waals surface area contributed by atoms with Gasteiger partial charge in [-0.2, -0.15) is 22.6 Å². The van der Waals surface area contributed by atoms with Crippen molar-refractivity contribution in [1.82, 2.24) is 19.0 Å². The maximum atomic E-state index is 13.1. The summed E-state index contributed by atoms with van der Waals surface area (Å²) in [4.78, 5) is 13.8. The van der Waals surface area contributed by atoms with Gasteiger partial charge in [-0.1, -0.05) is 13.8 Å². The number of carbonyl (C=O) groups is 1. The summed E-state index contributed by atoms with van der Waals surface area (Å²) in [7, 11) is -3.10. The molecule has 1 fully saturated rings. The Hall–Kier alpha value is -1.82. The molecule has 0 aromatic carbocycles. The second kappa shape index (κ2) is 7.78. The van der Waals surface area contributed by atoms with E-state index in [4.69, 9.17) is 4.74 Å². The molecule has 1 amide bonds. The predicted molar refractivity (Wildman–Crippen MR) is 98.5 cm³/mol. The van der Waals surface area contributed by atoms with Crippen molar-refractivity contribution in [2.75, 3.05) is 19.6 Å². The number of carbonyl (C=O) groups excluding carboxylic acids is 1. The lowest BCUT2D eigenvalue weighted by Crippen LogP contribution is -2.58. The predicted octanol–water partition coefficient (Wildman–Crippen LogP) is 2.70. The van der Waals surface area contributed by atoms with Gasteiger partial charge < -0.3 is 9.64 Å². The SMILES string of the molecule is CC(C)C1CN(C(=O)OC(C)(C)C)CCN1S(=O)(=O)c1cc(C(F)(F)F)nn1C. The molecule has 1 unspecified atom stereocenters. The molecule has 166 valence electrons. The topological polar surface area (TPSA) is 84.7 Å². The number of nitrogens with zero attached hydrogens (tertiary/aromatic N) is 4. The van der Waals surface area contributed by atoms with Gasteiger partial charge in [0, 0.05) is 38.8 Å². The van der Waals surface area contributed by atoms with Crippen molar-refractivity contribution < 1.29 is 31.1 Å². The van der Waals surface area contributed by atoms with Crippen LogP contribution in [0.4, 0.5) is 18.0 Å². The number of halogens is 3. The third kappa shape index (κ3) is 5.21. The van der Waals surface area contributed by atoms with Gasteiger partial charge in [0.25, 0.3) is 10.0 Å². The fourth-order valence-electron chi connectivity index (χ4n) is 3.08. The number of aromatic nitrogens is 2. The Morgan fingerprint density at radius 3 is 2.28 bits per heavy atom. The van der Waals surface area contributed by atoms with E-state index in [1.165, 1.54) is 4.90 Å². The molecular formula is C17H27F3N4O4S. The quantitative estimate of drug-likeness (QED) is 0.722. The number of sulfonamides is 1. The summed E-state index contributed by atoms with van der Waals surface area (Å²) in [5, 5.41) is 2.76. The molecule has 0 bridgehead atoms. The molecule has 0 aliphatic carbocycles. The van der Waals surface area contributed by atoms with E-state index in [9.17, 15) is 26.4 Å². The lowest BCUT2D eigenvalue weighted by Gasteiger charge is -2.42. The molecular weight excluding hydrogens is 413 g/mol. The van der Waals surface area contributed by atoms with Crippen LogP contribution < -0.4 is 0 Å². The van der Waals surface area contributed by atoms with E-state index in [-0.39, 0.29) is 25.6 Å². The molecule has 1 aliphatic rings. The number of hydrogen-bond acceptors (Lipinski definition) is 5. The van der Waals surface area contributed by atoms with Gasteiger partial charge in [-0.05, 0) is 26.7 Å². The van der Waals surface area contributed by atoms with E-state index in [1.807, 2.05) is 0 Å². The molecule has 8 nitrogen and oxygen atoms in total. The van der Waals surface area contributed by atoms with E-state index in [0.29, 0.717) is 6.07 Å². The molecule has 0 spiro atoms. The number of ether oxygens (including phenoxy) is 1. The van der Waals surface area contributed by atoms with Gasteiger partial charge in [0.05, 0.1) is 0 Å². The highest BCUT2D eigenvalue weighted by atomic mass is 32.2. The molecule has 0 saturated carbocycles. The Morgan fingerprint density at radius 2 is 1.83 bits per heavy atom. The molecule has 0 radical (unpaired) electrons. The number of rotatable bonds is 3. The zero-order valence-electron chi connectivity index (χ0n) is 17.3. The van der Waals surface area contributed by atoms with Crippen molar-refractivity contribution in [2.45, 2.75) is 57.5 Å². The van der Waals surface area contributed by atoms with Crippen molar-refractivity contribution in [3.05, 3.63) is 11.8 Å². The van der Waals surface area contributed by atoms with Gasteiger partial charge in [-0.25, -0.2) is 13.2 Å². The standard InChI is InChI=1S/C17H27F3N4O4S/c1-11(2)12-10-23(15(25)28-16(3,4)5)7-8-24(12)29(26,27)14-9-13(17(18,19)20)21-22(14)6/h9,11-12H,7-8,10H2,1-6H3. The second-order valence-electron chi connectivity index (χ2n) is 8.34. The molecule has 12 heteroatoms. The first kappa shape index (κ1) is 23.5. The van der Waals surface area contributed by atoms with Crippen LogP contribution in [0.5, 0.6) is 0 Å². The van der Waals surface area contributed by atoms with Crippen molar-refractivity contribution in [3.63, 3.8) is 0 Å². The lowest BCUT2D eigenvalue weighted by atomic mass is 10.0. The molecule has 2 rings (SSSR count). The van der Waals surface area contributed by atoms with Crippen LogP contribution in [0, 0.1) is 5.92 Å². The van der Waals surface area contributed by atoms with Gasteiger partial charge in [0.1, 0.15) is 5.60 Å². The van der Waals surface area contributed by atoms with Crippen LogP contribution in [-0.2, 0) is 28.0 Å². The Balaban J connectivity index is 2.32. The van der Waals surface area contributed by atoms with E-state index in [2.05, 4.69) is 5.10 Å². The van der Waals surface area contributed by atoms with Crippen molar-refractivity contribution in [3.8, 4) is 0 Å². The fourth-order valence-corrected chi connectivity index (χ4v) is 4.94. The van der Waals surface area contributed by atoms with Gasteiger partial charge in [-0.3, -0.25) is 4.68 Å². The van der Waals surface area contributed by atoms with Gasteiger partial charge in [0.15, 0.2) is 10.7 Å². The largest absolute Gasteiger partial charge is 0.444 e. The third-order valence-corrected chi connectivity index (χ3v) is 6.47. The van der Waals surface area contributed by atoms with Gasteiger partial charge in [-0.15, -0.1) is 0 Å². The van der Waals surface area contributed by atoms with Crippen LogP contribution in [0.15, 0.2) is 11.1 Å². The summed E-state index contributed by atoms with van der Waals surface area (Å²) in [6, 6.07) is -0.0852. The minimum Gasteiger partial charge on any atom is -0.444 e. The average Bonchev–Trinajstić information content (AvgIpc) is 2.95. The van der Waals surface area contributed by atoms with Crippen LogP contribution >= 0.6 is 0 Å². The highest BCUT2D eigenvalue weighted by molar-refractivity contribution is 7.89. The Kier molecular flexibility index (Phi) is 6.30. The molecule has 2 heterocycles. The second-order valence-corrected chi connectivity index (χ2v) is 10.2. The number of piperazine rings is 1. The number of aryl methyl sites for hydroxylation is 1. The van der Waals surface area contributed by atoms with E-state index < -0.39 is 44.7 Å². The maximum Gasteiger partial charge on any atom is 0.435 e. The number of amides is 1. The van der Waals surface area contributed by atoms with Crippen molar-refractivity contribution >= 4 is 16.1 Å². The van der Waals surface area contributed by atoms with Gasteiger partial charge in [0.2, 0.25) is 0 Å². The van der Waals surface area contributed by atoms with E-state index in [1.54, 1.807) is 34.6 Å². The Morgan fingerprint density at radius 1 is 1.24 bits per heavy atom. The lowest BCUT2D eigenvalue weighted by molar-refractivity contribution is -0.141. The average molecular weight is 440 g/mol. The third-order valence-electron chi connectivity index (χ3n) is 4.49. The summed E-state index contributed by atoms with van der Waals surface area (Å²) in [6.07, 6.45) is -5.31. The first-order valence-electron chi connectivity index (χ1n) is 9.15. The summed E-state index contributed by atoms with van der Waals surface area (Å²) >= 11 is 0. The normalized spacial score (nSPS) is 19.7. The van der Waals surface area contributed by atoms with Crippen molar-refractivity contribution in [2.24, 2.45) is 13.0 Å². The molecule has 1 aliphatic heterocycles. The smallest absolute Gasteiger partial charge is 0.435 e. The van der Waals surface area contributed by atoms with Crippen molar-refractivity contribution in [1.29, 1.82) is 0 Å². The van der Waals surface area contributed by atoms with Crippen LogP contribution in [0.25, 0.3) is 0 Å². The molecule has 1 saturated heterocycles.